The summed E-state index contributed by atoms with van der Waals surface area (Å²) in [7, 11) is 1.82. The first kappa shape index (κ1) is 12.0. The molecule has 1 aromatic rings. The number of nitrogens with zero attached hydrogens (tertiary/aromatic N) is 1. The van der Waals surface area contributed by atoms with E-state index in [1.807, 2.05) is 25.2 Å². The quantitative estimate of drug-likeness (QED) is 0.832. The summed E-state index contributed by atoms with van der Waals surface area (Å²) in [4.78, 5) is 13.4. The Hall–Kier alpha value is -0.490. The lowest BCUT2D eigenvalue weighted by Crippen LogP contribution is -2.31. The average molecular weight is 351 g/mol. The zero-order valence-corrected chi connectivity index (χ0v) is 11.7. The monoisotopic (exact) mass is 350 g/mol. The molecule has 0 bridgehead atoms. The van der Waals surface area contributed by atoms with Crippen molar-refractivity contribution in [2.75, 3.05) is 18.9 Å². The molecule has 0 aliphatic carbocycles. The summed E-state index contributed by atoms with van der Waals surface area (Å²) in [6.07, 6.45) is 0.831. The van der Waals surface area contributed by atoms with E-state index in [-0.39, 0.29) is 11.9 Å². The summed E-state index contributed by atoms with van der Waals surface area (Å²) in [6.45, 7) is 0.804. The Kier molecular flexibility index (Phi) is 3.59. The number of hydrogen-bond donors (Lipinski definition) is 1. The van der Waals surface area contributed by atoms with E-state index in [0.717, 1.165) is 22.2 Å². The lowest BCUT2D eigenvalue weighted by atomic mass is 10.2. The number of nitrogens with one attached hydrogen (secondary N) is 1. The number of rotatable bonds is 2. The van der Waals surface area contributed by atoms with Crippen molar-refractivity contribution in [2.24, 2.45) is 0 Å². The van der Waals surface area contributed by atoms with Gasteiger partial charge in [-0.1, -0.05) is 11.6 Å². The lowest BCUT2D eigenvalue weighted by molar-refractivity contribution is -0.127. The molecule has 0 saturated carbocycles. The number of amides is 1. The third-order valence-corrected chi connectivity index (χ3v) is 3.67. The molecule has 0 aromatic heterocycles. The van der Waals surface area contributed by atoms with E-state index in [4.69, 9.17) is 11.6 Å². The van der Waals surface area contributed by atoms with Crippen LogP contribution in [0.5, 0.6) is 0 Å². The number of carbonyl (C=O) groups excluding carboxylic acids is 1. The van der Waals surface area contributed by atoms with E-state index in [1.54, 1.807) is 4.90 Å². The van der Waals surface area contributed by atoms with Crippen LogP contribution in [0.2, 0.25) is 5.02 Å². The molecule has 1 aromatic carbocycles. The van der Waals surface area contributed by atoms with Gasteiger partial charge in [-0.25, -0.2) is 0 Å². The Morgan fingerprint density at radius 2 is 2.31 bits per heavy atom. The molecule has 1 N–H and O–H groups in total. The molecular weight excluding hydrogens is 338 g/mol. The fourth-order valence-corrected chi connectivity index (χ4v) is 2.66. The summed E-state index contributed by atoms with van der Waals surface area (Å²) >= 11 is 8.31. The maximum atomic E-state index is 11.7. The molecule has 1 fully saturated rings. The first-order chi connectivity index (χ1) is 7.58. The molecule has 1 aliphatic rings. The third kappa shape index (κ3) is 2.43. The summed E-state index contributed by atoms with van der Waals surface area (Å²) in [5.41, 5.74) is 0.829. The zero-order chi connectivity index (χ0) is 11.7. The molecule has 1 unspecified atom stereocenters. The van der Waals surface area contributed by atoms with E-state index in [9.17, 15) is 4.79 Å². The largest absolute Gasteiger partial charge is 0.372 e. The van der Waals surface area contributed by atoms with Crippen molar-refractivity contribution in [2.45, 2.75) is 12.5 Å². The van der Waals surface area contributed by atoms with Crippen LogP contribution in [0.25, 0.3) is 0 Å². The van der Waals surface area contributed by atoms with Crippen LogP contribution < -0.4 is 5.32 Å². The van der Waals surface area contributed by atoms with Gasteiger partial charge in [0, 0.05) is 17.2 Å². The molecule has 1 saturated heterocycles. The predicted octanol–water partition coefficient (Wildman–Crippen LogP) is 2.59. The van der Waals surface area contributed by atoms with Crippen LogP contribution in [0.3, 0.4) is 0 Å². The second-order valence-electron chi connectivity index (χ2n) is 3.87. The number of likely N-dealkylation sites (tertiary alicyclic amines) is 1. The first-order valence-corrected chi connectivity index (χ1v) is 6.50. The highest BCUT2D eigenvalue weighted by molar-refractivity contribution is 14.1. The number of likely N-dealkylation sites (N-methyl/N-ethyl adjacent to an activating group) is 1. The van der Waals surface area contributed by atoms with Crippen LogP contribution in [0.15, 0.2) is 18.2 Å². The van der Waals surface area contributed by atoms with Gasteiger partial charge in [-0.15, -0.1) is 0 Å². The van der Waals surface area contributed by atoms with Gasteiger partial charge in [-0.05, 0) is 47.2 Å². The predicted molar refractivity (Wildman–Crippen MR) is 73.8 cm³/mol. The van der Waals surface area contributed by atoms with Crippen molar-refractivity contribution in [1.82, 2.24) is 4.90 Å². The molecule has 3 nitrogen and oxygen atoms in total. The number of halogens is 2. The van der Waals surface area contributed by atoms with Gasteiger partial charge in [0.15, 0.2) is 0 Å². The van der Waals surface area contributed by atoms with Gasteiger partial charge in [-0.3, -0.25) is 4.79 Å². The molecule has 5 heteroatoms. The van der Waals surface area contributed by atoms with Crippen LogP contribution in [-0.4, -0.2) is 30.4 Å². The van der Waals surface area contributed by atoms with Crippen molar-refractivity contribution < 1.29 is 4.79 Å². The van der Waals surface area contributed by atoms with Gasteiger partial charge in [0.1, 0.15) is 6.04 Å². The molecule has 2 rings (SSSR count). The highest BCUT2D eigenvalue weighted by Gasteiger charge is 2.29. The lowest BCUT2D eigenvalue weighted by Gasteiger charge is -2.14. The van der Waals surface area contributed by atoms with Crippen molar-refractivity contribution in [3.05, 3.63) is 26.8 Å². The summed E-state index contributed by atoms with van der Waals surface area (Å²) in [5.74, 6) is 0.134. The maximum absolute atomic E-state index is 11.7. The Labute approximate surface area is 113 Å². The normalized spacial score (nSPS) is 20.3. The van der Waals surface area contributed by atoms with Gasteiger partial charge >= 0.3 is 0 Å². The fourth-order valence-electron chi connectivity index (χ4n) is 1.75. The fraction of sp³-hybridized carbons (Fsp3) is 0.364. The maximum Gasteiger partial charge on any atom is 0.244 e. The second kappa shape index (κ2) is 4.79. The second-order valence-corrected chi connectivity index (χ2v) is 5.52. The molecular formula is C11H12ClIN2O. The smallest absolute Gasteiger partial charge is 0.244 e. The minimum Gasteiger partial charge on any atom is -0.372 e. The van der Waals surface area contributed by atoms with Crippen LogP contribution in [0.4, 0.5) is 5.69 Å². The van der Waals surface area contributed by atoms with E-state index in [2.05, 4.69) is 27.9 Å². The Morgan fingerprint density at radius 1 is 1.56 bits per heavy atom. The standard InChI is InChI=1S/C11H12ClIN2O/c1-15-5-4-10(11(15)16)14-9-3-2-7(13)6-8(9)12/h2-3,6,10,14H,4-5H2,1H3. The third-order valence-electron chi connectivity index (χ3n) is 2.69. The van der Waals surface area contributed by atoms with Gasteiger partial charge in [0.2, 0.25) is 5.91 Å². The Balaban J connectivity index is 2.12. The highest BCUT2D eigenvalue weighted by Crippen LogP contribution is 2.26. The summed E-state index contributed by atoms with van der Waals surface area (Å²) < 4.78 is 1.09. The average Bonchev–Trinajstić information content (AvgIpc) is 2.54. The van der Waals surface area contributed by atoms with Crippen LogP contribution in [-0.2, 0) is 4.79 Å². The molecule has 16 heavy (non-hydrogen) atoms. The van der Waals surface area contributed by atoms with Crippen LogP contribution in [0, 0.1) is 3.57 Å². The zero-order valence-electron chi connectivity index (χ0n) is 8.84. The molecule has 0 radical (unpaired) electrons. The molecule has 1 heterocycles. The van der Waals surface area contributed by atoms with Crippen molar-refractivity contribution >= 4 is 45.8 Å². The van der Waals surface area contributed by atoms with Gasteiger partial charge in [0.05, 0.1) is 10.7 Å². The molecule has 1 atom stereocenters. The molecule has 1 aliphatic heterocycles. The summed E-state index contributed by atoms with van der Waals surface area (Å²) in [6, 6.07) is 5.63. The van der Waals surface area contributed by atoms with E-state index in [1.165, 1.54) is 0 Å². The molecule has 86 valence electrons. The van der Waals surface area contributed by atoms with Gasteiger partial charge < -0.3 is 10.2 Å². The summed E-state index contributed by atoms with van der Waals surface area (Å²) in [5, 5.41) is 3.85. The van der Waals surface area contributed by atoms with E-state index in [0.29, 0.717) is 5.02 Å². The minimum absolute atomic E-state index is 0.134. The number of anilines is 1. The minimum atomic E-state index is -0.137. The van der Waals surface area contributed by atoms with E-state index >= 15 is 0 Å². The number of carbonyl (C=O) groups is 1. The first-order valence-electron chi connectivity index (χ1n) is 5.04. The van der Waals surface area contributed by atoms with Crippen molar-refractivity contribution in [3.63, 3.8) is 0 Å². The van der Waals surface area contributed by atoms with Crippen molar-refractivity contribution in [3.8, 4) is 0 Å². The van der Waals surface area contributed by atoms with Gasteiger partial charge in [0.25, 0.3) is 0 Å². The Bertz CT molecular complexity index is 424. The molecule has 1 amide bonds. The number of benzene rings is 1. The van der Waals surface area contributed by atoms with Crippen LogP contribution in [0.1, 0.15) is 6.42 Å². The van der Waals surface area contributed by atoms with Gasteiger partial charge in [-0.2, -0.15) is 0 Å². The topological polar surface area (TPSA) is 32.3 Å². The van der Waals surface area contributed by atoms with Crippen molar-refractivity contribution in [1.29, 1.82) is 0 Å². The molecule has 0 spiro atoms. The SMILES string of the molecule is CN1CCC(Nc2ccc(I)cc2Cl)C1=O. The Morgan fingerprint density at radius 3 is 2.88 bits per heavy atom. The number of hydrogen-bond acceptors (Lipinski definition) is 2. The van der Waals surface area contributed by atoms with Crippen LogP contribution >= 0.6 is 34.2 Å². The van der Waals surface area contributed by atoms with E-state index < -0.39 is 0 Å². The highest BCUT2D eigenvalue weighted by atomic mass is 127.